The van der Waals surface area contributed by atoms with Crippen LogP contribution in [0.4, 0.5) is 0 Å². The SMILES string of the molecule is CC(=NNC(=O)c1ccc(OCc2ccc(Br)cc2)cc1)c1ccccc1. The molecule has 3 aromatic rings. The van der Waals surface area contributed by atoms with Crippen LogP contribution in [0.15, 0.2) is 88.4 Å². The highest BCUT2D eigenvalue weighted by atomic mass is 79.9. The predicted molar refractivity (Wildman–Crippen MR) is 111 cm³/mol. The van der Waals surface area contributed by atoms with Crippen molar-refractivity contribution in [1.29, 1.82) is 0 Å². The fourth-order valence-corrected chi connectivity index (χ4v) is 2.66. The second-order valence-corrected chi connectivity index (χ2v) is 6.86. The number of hydrogen-bond acceptors (Lipinski definition) is 3. The molecule has 1 N–H and O–H groups in total. The third-order valence-electron chi connectivity index (χ3n) is 3.95. The van der Waals surface area contributed by atoms with Gasteiger partial charge in [0, 0.05) is 10.0 Å². The van der Waals surface area contributed by atoms with Gasteiger partial charge >= 0.3 is 0 Å². The third kappa shape index (κ3) is 5.53. The van der Waals surface area contributed by atoms with Crippen molar-refractivity contribution >= 4 is 27.5 Å². The summed E-state index contributed by atoms with van der Waals surface area (Å²) in [6, 6.07) is 24.7. The summed E-state index contributed by atoms with van der Waals surface area (Å²) in [5.41, 5.74) is 5.90. The molecule has 0 saturated carbocycles. The van der Waals surface area contributed by atoms with E-state index in [0.717, 1.165) is 21.3 Å². The van der Waals surface area contributed by atoms with Crippen LogP contribution < -0.4 is 10.2 Å². The molecule has 27 heavy (non-hydrogen) atoms. The summed E-state index contributed by atoms with van der Waals surface area (Å²) >= 11 is 3.41. The molecular formula is C22H19BrN2O2. The molecule has 136 valence electrons. The molecule has 0 saturated heterocycles. The highest BCUT2D eigenvalue weighted by molar-refractivity contribution is 9.10. The Morgan fingerprint density at radius 3 is 2.26 bits per heavy atom. The summed E-state index contributed by atoms with van der Waals surface area (Å²) < 4.78 is 6.78. The Bertz CT molecular complexity index is 921. The van der Waals surface area contributed by atoms with Gasteiger partial charge in [0.15, 0.2) is 0 Å². The number of hydrogen-bond donors (Lipinski definition) is 1. The Balaban J connectivity index is 1.56. The van der Waals surface area contributed by atoms with E-state index in [9.17, 15) is 4.79 Å². The highest BCUT2D eigenvalue weighted by Crippen LogP contribution is 2.16. The molecule has 3 aromatic carbocycles. The lowest BCUT2D eigenvalue weighted by Crippen LogP contribution is -2.19. The van der Waals surface area contributed by atoms with Gasteiger partial charge in [-0.05, 0) is 54.4 Å². The second-order valence-electron chi connectivity index (χ2n) is 5.94. The molecule has 0 aliphatic rings. The molecule has 1 amide bonds. The Morgan fingerprint density at radius 1 is 0.926 bits per heavy atom. The molecule has 0 aromatic heterocycles. The minimum Gasteiger partial charge on any atom is -0.489 e. The minimum absolute atomic E-state index is 0.259. The zero-order valence-electron chi connectivity index (χ0n) is 14.9. The number of amides is 1. The van der Waals surface area contributed by atoms with E-state index in [0.29, 0.717) is 17.9 Å². The molecule has 0 radical (unpaired) electrons. The molecule has 0 spiro atoms. The molecule has 4 nitrogen and oxygen atoms in total. The van der Waals surface area contributed by atoms with Crippen molar-refractivity contribution in [3.63, 3.8) is 0 Å². The topological polar surface area (TPSA) is 50.7 Å². The molecule has 0 fully saturated rings. The van der Waals surface area contributed by atoms with Crippen LogP contribution in [-0.2, 0) is 6.61 Å². The number of halogens is 1. The fourth-order valence-electron chi connectivity index (χ4n) is 2.39. The maximum Gasteiger partial charge on any atom is 0.271 e. The fraction of sp³-hybridized carbons (Fsp3) is 0.0909. The summed E-state index contributed by atoms with van der Waals surface area (Å²) in [7, 11) is 0. The standard InChI is InChI=1S/C22H19BrN2O2/c1-16(18-5-3-2-4-6-18)24-25-22(26)19-9-13-21(14-10-19)27-15-17-7-11-20(23)12-8-17/h2-14H,15H2,1H3,(H,25,26). The highest BCUT2D eigenvalue weighted by Gasteiger charge is 2.06. The molecule has 5 heteroatoms. The second kappa shape index (κ2) is 9.14. The first-order chi connectivity index (χ1) is 13.1. The van der Waals surface area contributed by atoms with E-state index in [4.69, 9.17) is 4.74 Å². The smallest absolute Gasteiger partial charge is 0.271 e. The van der Waals surface area contributed by atoms with Crippen molar-refractivity contribution in [3.8, 4) is 5.75 Å². The molecule has 0 atom stereocenters. The predicted octanol–water partition coefficient (Wildman–Crippen LogP) is 5.18. The Kier molecular flexibility index (Phi) is 6.39. The largest absolute Gasteiger partial charge is 0.489 e. The number of rotatable bonds is 6. The average Bonchev–Trinajstić information content (AvgIpc) is 2.72. The number of nitrogens with zero attached hydrogens (tertiary/aromatic N) is 1. The summed E-state index contributed by atoms with van der Waals surface area (Å²) in [6.07, 6.45) is 0. The Morgan fingerprint density at radius 2 is 1.59 bits per heavy atom. The van der Waals surface area contributed by atoms with Crippen LogP contribution >= 0.6 is 15.9 Å². The maximum absolute atomic E-state index is 12.2. The third-order valence-corrected chi connectivity index (χ3v) is 4.48. The Labute approximate surface area is 167 Å². The van der Waals surface area contributed by atoms with Crippen molar-refractivity contribution in [3.05, 3.63) is 100 Å². The number of nitrogens with one attached hydrogen (secondary N) is 1. The lowest BCUT2D eigenvalue weighted by atomic mass is 10.1. The van der Waals surface area contributed by atoms with E-state index in [1.807, 2.05) is 61.5 Å². The first-order valence-electron chi connectivity index (χ1n) is 8.49. The van der Waals surface area contributed by atoms with Gasteiger partial charge in [0.2, 0.25) is 0 Å². The maximum atomic E-state index is 12.2. The monoisotopic (exact) mass is 422 g/mol. The van der Waals surface area contributed by atoms with Crippen molar-refractivity contribution in [2.45, 2.75) is 13.5 Å². The van der Waals surface area contributed by atoms with E-state index in [1.54, 1.807) is 24.3 Å². The van der Waals surface area contributed by atoms with E-state index >= 15 is 0 Å². The number of hydrazone groups is 1. The number of carbonyl (C=O) groups is 1. The van der Waals surface area contributed by atoms with Gasteiger partial charge in [-0.15, -0.1) is 0 Å². The van der Waals surface area contributed by atoms with E-state index in [2.05, 4.69) is 26.5 Å². The molecule has 0 aliphatic heterocycles. The zero-order valence-corrected chi connectivity index (χ0v) is 16.4. The van der Waals surface area contributed by atoms with Crippen LogP contribution in [0.1, 0.15) is 28.4 Å². The van der Waals surface area contributed by atoms with Crippen molar-refractivity contribution in [2.75, 3.05) is 0 Å². The van der Waals surface area contributed by atoms with Gasteiger partial charge < -0.3 is 4.74 Å². The van der Waals surface area contributed by atoms with Crippen molar-refractivity contribution in [1.82, 2.24) is 5.43 Å². The zero-order chi connectivity index (χ0) is 19.1. The van der Waals surface area contributed by atoms with Gasteiger partial charge in [-0.3, -0.25) is 4.79 Å². The van der Waals surface area contributed by atoms with Crippen LogP contribution in [0.25, 0.3) is 0 Å². The molecule has 3 rings (SSSR count). The van der Waals surface area contributed by atoms with E-state index < -0.39 is 0 Å². The molecule has 0 heterocycles. The number of ether oxygens (including phenoxy) is 1. The summed E-state index contributed by atoms with van der Waals surface area (Å²) in [5, 5.41) is 4.16. The molecule has 0 unspecified atom stereocenters. The summed E-state index contributed by atoms with van der Waals surface area (Å²) in [5.74, 6) is 0.447. The van der Waals surface area contributed by atoms with E-state index in [-0.39, 0.29) is 5.91 Å². The first kappa shape index (κ1) is 18.9. The van der Waals surface area contributed by atoms with Crippen LogP contribution in [0.3, 0.4) is 0 Å². The first-order valence-corrected chi connectivity index (χ1v) is 9.28. The van der Waals surface area contributed by atoms with Crippen LogP contribution in [0, 0.1) is 0 Å². The average molecular weight is 423 g/mol. The molecule has 0 aliphatic carbocycles. The normalized spacial score (nSPS) is 11.1. The van der Waals surface area contributed by atoms with Gasteiger partial charge in [-0.1, -0.05) is 58.4 Å². The van der Waals surface area contributed by atoms with Gasteiger partial charge in [-0.2, -0.15) is 5.10 Å². The lowest BCUT2D eigenvalue weighted by Gasteiger charge is -2.07. The van der Waals surface area contributed by atoms with Crippen molar-refractivity contribution in [2.24, 2.45) is 5.10 Å². The number of benzene rings is 3. The van der Waals surface area contributed by atoms with E-state index in [1.165, 1.54) is 0 Å². The van der Waals surface area contributed by atoms with Gasteiger partial charge in [0.05, 0.1) is 5.71 Å². The molecular weight excluding hydrogens is 404 g/mol. The number of carbonyl (C=O) groups excluding carboxylic acids is 1. The van der Waals surface area contributed by atoms with Gasteiger partial charge in [-0.25, -0.2) is 5.43 Å². The summed E-state index contributed by atoms with van der Waals surface area (Å²) in [6.45, 7) is 2.33. The minimum atomic E-state index is -0.259. The van der Waals surface area contributed by atoms with Crippen LogP contribution in [0.2, 0.25) is 0 Å². The molecule has 0 bridgehead atoms. The van der Waals surface area contributed by atoms with Gasteiger partial charge in [0.1, 0.15) is 12.4 Å². The van der Waals surface area contributed by atoms with Crippen LogP contribution in [-0.4, -0.2) is 11.6 Å². The Hall–Kier alpha value is -2.92. The summed E-state index contributed by atoms with van der Waals surface area (Å²) in [4.78, 5) is 12.2. The van der Waals surface area contributed by atoms with Crippen molar-refractivity contribution < 1.29 is 9.53 Å². The quantitative estimate of drug-likeness (QED) is 0.439. The van der Waals surface area contributed by atoms with Gasteiger partial charge in [0.25, 0.3) is 5.91 Å². The lowest BCUT2D eigenvalue weighted by molar-refractivity contribution is 0.0955. The van der Waals surface area contributed by atoms with Crippen LogP contribution in [0.5, 0.6) is 5.75 Å².